The molecule has 0 aliphatic rings. The van der Waals surface area contributed by atoms with E-state index < -0.39 is 16.5 Å². The van der Waals surface area contributed by atoms with Gasteiger partial charge in [0, 0.05) is 22.7 Å². The molecule has 0 unspecified atom stereocenters. The van der Waals surface area contributed by atoms with Crippen LogP contribution >= 0.6 is 0 Å². The number of ether oxygens (including phenoxy) is 1. The molecule has 0 aliphatic carbocycles. The van der Waals surface area contributed by atoms with Gasteiger partial charge in [0.1, 0.15) is 5.58 Å². The molecule has 160 valence electrons. The van der Waals surface area contributed by atoms with Crippen molar-refractivity contribution in [3.8, 4) is 16.9 Å². The highest BCUT2D eigenvalue weighted by Gasteiger charge is 2.19. The fourth-order valence-electron chi connectivity index (χ4n) is 3.28. The van der Waals surface area contributed by atoms with Crippen LogP contribution in [0.3, 0.4) is 0 Å². The number of anilines is 1. The van der Waals surface area contributed by atoms with E-state index in [-0.39, 0.29) is 23.6 Å². The second-order valence-electron chi connectivity index (χ2n) is 6.89. The Kier molecular flexibility index (Phi) is 5.67. The van der Waals surface area contributed by atoms with Crippen molar-refractivity contribution in [1.82, 2.24) is 0 Å². The monoisotopic (exact) mass is 430 g/mol. The summed E-state index contributed by atoms with van der Waals surface area (Å²) >= 11 is 0. The van der Waals surface area contributed by atoms with Gasteiger partial charge in [-0.1, -0.05) is 30.3 Å². The minimum atomic E-state index is -0.592. The van der Waals surface area contributed by atoms with Gasteiger partial charge in [-0.25, -0.2) is 4.79 Å². The third-order valence-corrected chi connectivity index (χ3v) is 4.81. The fraction of sp³-hybridized carbons (Fsp3) is 0.0833. The summed E-state index contributed by atoms with van der Waals surface area (Å²) in [6.45, 7) is 1.99. The lowest BCUT2D eigenvalue weighted by atomic mass is 10.1. The highest BCUT2D eigenvalue weighted by molar-refractivity contribution is 6.05. The van der Waals surface area contributed by atoms with Crippen molar-refractivity contribution in [3.63, 3.8) is 0 Å². The van der Waals surface area contributed by atoms with Crippen LogP contribution in [0, 0.1) is 10.1 Å². The zero-order valence-corrected chi connectivity index (χ0v) is 17.0. The summed E-state index contributed by atoms with van der Waals surface area (Å²) < 4.78 is 10.6. The first kappa shape index (κ1) is 20.8. The summed E-state index contributed by atoms with van der Waals surface area (Å²) in [6.07, 6.45) is 0. The Labute approximate surface area is 182 Å². The summed E-state index contributed by atoms with van der Waals surface area (Å²) in [5.41, 5.74) is 1.41. The molecule has 0 atom stereocenters. The van der Waals surface area contributed by atoms with Gasteiger partial charge in [0.2, 0.25) is 0 Å². The van der Waals surface area contributed by atoms with Gasteiger partial charge in [-0.05, 0) is 48.9 Å². The predicted octanol–water partition coefficient (Wildman–Crippen LogP) is 5.02. The van der Waals surface area contributed by atoms with E-state index in [0.717, 1.165) is 5.39 Å². The lowest BCUT2D eigenvalue weighted by Gasteiger charge is -2.09. The standard InChI is InChI=1S/C24H18N2O6/c1-2-31-22-12-9-17(14-20(22)26(29)30)23(27)25-18-10-7-15(8-11-18)19-13-16-5-3-4-6-21(16)32-24(19)28/h3-14H,2H2,1H3,(H,25,27). The Morgan fingerprint density at radius 1 is 1.06 bits per heavy atom. The first-order valence-electron chi connectivity index (χ1n) is 9.82. The molecule has 4 aromatic rings. The van der Waals surface area contributed by atoms with E-state index in [1.165, 1.54) is 18.2 Å². The minimum Gasteiger partial charge on any atom is -0.487 e. The average molecular weight is 430 g/mol. The second kappa shape index (κ2) is 8.73. The van der Waals surface area contributed by atoms with E-state index in [0.29, 0.717) is 22.4 Å². The van der Waals surface area contributed by atoms with Crippen molar-refractivity contribution in [2.45, 2.75) is 6.92 Å². The molecule has 8 heteroatoms. The zero-order chi connectivity index (χ0) is 22.7. The molecule has 1 N–H and O–H groups in total. The van der Waals surface area contributed by atoms with Gasteiger partial charge in [-0.2, -0.15) is 0 Å². The summed E-state index contributed by atoms with van der Waals surface area (Å²) in [6, 6.07) is 19.7. The van der Waals surface area contributed by atoms with Crippen LogP contribution in [0.15, 0.2) is 82.0 Å². The van der Waals surface area contributed by atoms with Crippen molar-refractivity contribution >= 4 is 28.3 Å². The summed E-state index contributed by atoms with van der Waals surface area (Å²) in [4.78, 5) is 35.6. The van der Waals surface area contributed by atoms with Gasteiger partial charge in [-0.15, -0.1) is 0 Å². The molecule has 8 nitrogen and oxygen atoms in total. The van der Waals surface area contributed by atoms with E-state index in [9.17, 15) is 19.7 Å². The van der Waals surface area contributed by atoms with Gasteiger partial charge in [-0.3, -0.25) is 14.9 Å². The maximum Gasteiger partial charge on any atom is 0.344 e. The average Bonchev–Trinajstić information content (AvgIpc) is 2.79. The molecule has 0 bridgehead atoms. The molecule has 3 aromatic carbocycles. The summed E-state index contributed by atoms with van der Waals surface area (Å²) in [7, 11) is 0. The van der Waals surface area contributed by atoms with Crippen molar-refractivity contribution < 1.29 is 18.9 Å². The minimum absolute atomic E-state index is 0.104. The van der Waals surface area contributed by atoms with Crippen LogP contribution in [-0.2, 0) is 0 Å². The van der Waals surface area contributed by atoms with Crippen molar-refractivity contribution in [1.29, 1.82) is 0 Å². The van der Waals surface area contributed by atoms with E-state index in [1.54, 1.807) is 49.4 Å². The van der Waals surface area contributed by atoms with Gasteiger partial charge in [0.05, 0.1) is 17.1 Å². The van der Waals surface area contributed by atoms with Crippen LogP contribution < -0.4 is 15.7 Å². The maximum atomic E-state index is 12.6. The topological polar surface area (TPSA) is 112 Å². The number of hydrogen-bond acceptors (Lipinski definition) is 6. The van der Waals surface area contributed by atoms with Crippen molar-refractivity contribution in [2.24, 2.45) is 0 Å². The largest absolute Gasteiger partial charge is 0.487 e. The van der Waals surface area contributed by atoms with Gasteiger partial charge < -0.3 is 14.5 Å². The molecular formula is C24H18N2O6. The molecule has 0 radical (unpaired) electrons. The lowest BCUT2D eigenvalue weighted by molar-refractivity contribution is -0.385. The van der Waals surface area contributed by atoms with E-state index in [1.807, 2.05) is 12.1 Å². The number of fused-ring (bicyclic) bond motifs is 1. The Morgan fingerprint density at radius 3 is 2.53 bits per heavy atom. The number of para-hydroxylation sites is 1. The number of nitro groups is 1. The van der Waals surface area contributed by atoms with Crippen LogP contribution in [0.1, 0.15) is 17.3 Å². The number of nitro benzene ring substituents is 1. The number of benzene rings is 3. The number of amides is 1. The van der Waals surface area contributed by atoms with Crippen LogP contribution in [0.4, 0.5) is 11.4 Å². The quantitative estimate of drug-likeness (QED) is 0.261. The van der Waals surface area contributed by atoms with E-state index >= 15 is 0 Å². The van der Waals surface area contributed by atoms with E-state index in [2.05, 4.69) is 5.32 Å². The number of hydrogen-bond donors (Lipinski definition) is 1. The molecule has 0 saturated carbocycles. The SMILES string of the molecule is CCOc1ccc(C(=O)Nc2ccc(-c3cc4ccccc4oc3=O)cc2)cc1[N+](=O)[O-]. The second-order valence-corrected chi connectivity index (χ2v) is 6.89. The summed E-state index contributed by atoms with van der Waals surface area (Å²) in [5, 5.41) is 14.8. The van der Waals surface area contributed by atoms with Crippen LogP contribution in [-0.4, -0.2) is 17.4 Å². The van der Waals surface area contributed by atoms with Crippen LogP contribution in [0.25, 0.3) is 22.1 Å². The molecule has 1 aromatic heterocycles. The number of nitrogens with zero attached hydrogens (tertiary/aromatic N) is 1. The fourth-order valence-corrected chi connectivity index (χ4v) is 3.28. The van der Waals surface area contributed by atoms with Crippen LogP contribution in [0.5, 0.6) is 5.75 Å². The predicted molar refractivity (Wildman–Crippen MR) is 120 cm³/mol. The number of carbonyl (C=O) groups is 1. The number of nitrogens with one attached hydrogen (secondary N) is 1. The highest BCUT2D eigenvalue weighted by Crippen LogP contribution is 2.28. The highest BCUT2D eigenvalue weighted by atomic mass is 16.6. The molecule has 0 fully saturated rings. The lowest BCUT2D eigenvalue weighted by Crippen LogP contribution is -2.12. The third-order valence-electron chi connectivity index (χ3n) is 4.81. The molecule has 1 amide bonds. The van der Waals surface area contributed by atoms with Gasteiger partial charge >= 0.3 is 11.3 Å². The maximum absolute atomic E-state index is 12.6. The van der Waals surface area contributed by atoms with Crippen molar-refractivity contribution in [3.05, 3.63) is 98.9 Å². The molecule has 4 rings (SSSR count). The molecular weight excluding hydrogens is 412 g/mol. The molecule has 1 heterocycles. The number of carbonyl (C=O) groups excluding carboxylic acids is 1. The first-order chi connectivity index (χ1) is 15.5. The van der Waals surface area contributed by atoms with E-state index in [4.69, 9.17) is 9.15 Å². The molecule has 0 spiro atoms. The van der Waals surface area contributed by atoms with Crippen LogP contribution in [0.2, 0.25) is 0 Å². The van der Waals surface area contributed by atoms with Crippen molar-refractivity contribution in [2.75, 3.05) is 11.9 Å². The first-order valence-corrected chi connectivity index (χ1v) is 9.82. The Hall–Kier alpha value is -4.46. The number of rotatable bonds is 6. The molecule has 0 saturated heterocycles. The Morgan fingerprint density at radius 2 is 1.81 bits per heavy atom. The smallest absolute Gasteiger partial charge is 0.344 e. The normalized spacial score (nSPS) is 10.7. The summed E-state index contributed by atoms with van der Waals surface area (Å²) in [5.74, 6) is -0.401. The van der Waals surface area contributed by atoms with Gasteiger partial charge in [0.25, 0.3) is 5.91 Å². The Bertz CT molecular complexity index is 1380. The van der Waals surface area contributed by atoms with Gasteiger partial charge in [0.15, 0.2) is 5.75 Å². The Balaban J connectivity index is 1.56. The molecule has 0 aliphatic heterocycles. The third kappa shape index (κ3) is 4.20. The molecule has 32 heavy (non-hydrogen) atoms. The zero-order valence-electron chi connectivity index (χ0n) is 17.0.